The van der Waals surface area contributed by atoms with Crippen LogP contribution < -0.4 is 5.32 Å². The number of anilines is 1. The second kappa shape index (κ2) is 7.81. The van der Waals surface area contributed by atoms with Gasteiger partial charge in [-0.3, -0.25) is 4.79 Å². The van der Waals surface area contributed by atoms with E-state index in [-0.39, 0.29) is 15.7 Å². The maximum atomic E-state index is 13.8. The van der Waals surface area contributed by atoms with E-state index in [1.165, 1.54) is 16.8 Å². The molecule has 30 heavy (non-hydrogen) atoms. The Balaban J connectivity index is 1.54. The van der Waals surface area contributed by atoms with Crippen LogP contribution in [0.25, 0.3) is 0 Å². The average molecular weight is 454 g/mol. The molecule has 1 saturated heterocycles. The van der Waals surface area contributed by atoms with E-state index >= 15 is 0 Å². The predicted octanol–water partition coefficient (Wildman–Crippen LogP) is 2.33. The summed E-state index contributed by atoms with van der Waals surface area (Å²) in [6.07, 6.45) is 3.97. The fourth-order valence-corrected chi connectivity index (χ4v) is 5.73. The molecule has 2 aromatic heterocycles. The standard InChI is InChI=1S/C17H16F2N6O3S2/c1-24-8-14(20-9-24)30(27,28)25-6-2-3-13(25)16-22-23-17(29-16)15(26)21-12-5-4-10(18)7-11(12)19/h4-5,7-9,13H,2-3,6H2,1H3,(H,21,26)/t13-/m1/s1. The van der Waals surface area contributed by atoms with Crippen LogP contribution in [-0.2, 0) is 17.1 Å². The zero-order valence-electron chi connectivity index (χ0n) is 15.6. The summed E-state index contributed by atoms with van der Waals surface area (Å²) >= 11 is 0.924. The van der Waals surface area contributed by atoms with E-state index < -0.39 is 33.6 Å². The van der Waals surface area contributed by atoms with Gasteiger partial charge >= 0.3 is 0 Å². The first kappa shape index (κ1) is 20.5. The lowest BCUT2D eigenvalue weighted by molar-refractivity contribution is 0.102. The molecule has 0 bridgehead atoms. The molecule has 0 aliphatic carbocycles. The number of imidazole rings is 1. The molecule has 13 heteroatoms. The van der Waals surface area contributed by atoms with E-state index in [1.807, 2.05) is 0 Å². The molecule has 1 N–H and O–H groups in total. The minimum Gasteiger partial charge on any atom is -0.339 e. The number of carbonyl (C=O) groups is 1. The van der Waals surface area contributed by atoms with Gasteiger partial charge in [0.05, 0.1) is 18.1 Å². The number of aryl methyl sites for hydroxylation is 1. The third-order valence-electron chi connectivity index (χ3n) is 4.56. The number of benzene rings is 1. The van der Waals surface area contributed by atoms with Crippen molar-refractivity contribution in [2.45, 2.75) is 23.9 Å². The number of hydrogen-bond acceptors (Lipinski definition) is 7. The highest BCUT2D eigenvalue weighted by atomic mass is 32.2. The summed E-state index contributed by atoms with van der Waals surface area (Å²) in [7, 11) is -2.16. The summed E-state index contributed by atoms with van der Waals surface area (Å²) in [5.74, 6) is -2.41. The Hall–Kier alpha value is -2.77. The molecule has 1 atom stereocenters. The zero-order valence-corrected chi connectivity index (χ0v) is 17.3. The highest BCUT2D eigenvalue weighted by molar-refractivity contribution is 7.89. The lowest BCUT2D eigenvalue weighted by atomic mass is 10.2. The first-order valence-corrected chi connectivity index (χ1v) is 11.1. The van der Waals surface area contributed by atoms with Crippen LogP contribution in [0, 0.1) is 11.6 Å². The van der Waals surface area contributed by atoms with Crippen LogP contribution in [0.3, 0.4) is 0 Å². The Morgan fingerprint density at radius 3 is 2.80 bits per heavy atom. The van der Waals surface area contributed by atoms with E-state index in [0.29, 0.717) is 30.5 Å². The second-order valence-corrected chi connectivity index (χ2v) is 9.52. The van der Waals surface area contributed by atoms with Crippen LogP contribution in [0.15, 0.2) is 35.7 Å². The summed E-state index contributed by atoms with van der Waals surface area (Å²) in [4.78, 5) is 16.3. The summed E-state index contributed by atoms with van der Waals surface area (Å²) in [5.41, 5.74) is -0.196. The van der Waals surface area contributed by atoms with Crippen LogP contribution in [0.2, 0.25) is 0 Å². The summed E-state index contributed by atoms with van der Waals surface area (Å²) in [5, 5.41) is 10.3. The predicted molar refractivity (Wildman–Crippen MR) is 103 cm³/mol. The molecular formula is C17H16F2N6O3S2. The number of sulfonamides is 1. The van der Waals surface area contributed by atoms with Gasteiger partial charge in [-0.15, -0.1) is 10.2 Å². The van der Waals surface area contributed by atoms with E-state index in [2.05, 4.69) is 20.5 Å². The Kier molecular flexibility index (Phi) is 5.34. The summed E-state index contributed by atoms with van der Waals surface area (Å²) in [6, 6.07) is 2.20. The monoisotopic (exact) mass is 454 g/mol. The van der Waals surface area contributed by atoms with Gasteiger partial charge in [-0.05, 0) is 25.0 Å². The molecule has 9 nitrogen and oxygen atoms in total. The number of rotatable bonds is 5. The van der Waals surface area contributed by atoms with Gasteiger partial charge < -0.3 is 9.88 Å². The van der Waals surface area contributed by atoms with E-state index in [9.17, 15) is 22.0 Å². The Morgan fingerprint density at radius 1 is 1.30 bits per heavy atom. The molecule has 1 fully saturated rings. The molecule has 1 amide bonds. The molecule has 1 aliphatic rings. The van der Waals surface area contributed by atoms with Crippen molar-refractivity contribution in [1.29, 1.82) is 0 Å². The molecule has 1 aromatic carbocycles. The van der Waals surface area contributed by atoms with Crippen LogP contribution in [-0.4, -0.2) is 44.9 Å². The molecule has 0 unspecified atom stereocenters. The highest BCUT2D eigenvalue weighted by Crippen LogP contribution is 2.37. The van der Waals surface area contributed by atoms with Crippen molar-refractivity contribution in [2.24, 2.45) is 7.05 Å². The van der Waals surface area contributed by atoms with Crippen molar-refractivity contribution >= 4 is 33.0 Å². The SMILES string of the molecule is Cn1cnc(S(=O)(=O)N2CCC[C@@H]2c2nnc(C(=O)Nc3ccc(F)cc3F)s2)c1. The number of aromatic nitrogens is 4. The van der Waals surface area contributed by atoms with Crippen LogP contribution >= 0.6 is 11.3 Å². The van der Waals surface area contributed by atoms with Gasteiger partial charge in [-0.2, -0.15) is 4.31 Å². The minimum atomic E-state index is -3.83. The number of nitrogens with one attached hydrogen (secondary N) is 1. The van der Waals surface area contributed by atoms with Gasteiger partial charge in [0.15, 0.2) is 5.03 Å². The van der Waals surface area contributed by atoms with E-state index in [4.69, 9.17) is 0 Å². The topological polar surface area (TPSA) is 110 Å². The van der Waals surface area contributed by atoms with Gasteiger partial charge in [0.1, 0.15) is 16.6 Å². The molecule has 1 aliphatic heterocycles. The van der Waals surface area contributed by atoms with Gasteiger partial charge in [-0.1, -0.05) is 11.3 Å². The molecule has 3 heterocycles. The number of halogens is 2. The van der Waals surface area contributed by atoms with Crippen molar-refractivity contribution in [2.75, 3.05) is 11.9 Å². The van der Waals surface area contributed by atoms with Crippen molar-refractivity contribution in [1.82, 2.24) is 24.1 Å². The second-order valence-electron chi connectivity index (χ2n) is 6.67. The largest absolute Gasteiger partial charge is 0.339 e. The van der Waals surface area contributed by atoms with Crippen LogP contribution in [0.4, 0.5) is 14.5 Å². The quantitative estimate of drug-likeness (QED) is 0.634. The van der Waals surface area contributed by atoms with Crippen LogP contribution in [0.5, 0.6) is 0 Å². The molecule has 0 saturated carbocycles. The normalized spacial score (nSPS) is 17.4. The van der Waals surface area contributed by atoms with E-state index in [0.717, 1.165) is 23.5 Å². The summed E-state index contributed by atoms with van der Waals surface area (Å²) < 4.78 is 55.5. The minimum absolute atomic E-state index is 0.0594. The lowest BCUT2D eigenvalue weighted by Gasteiger charge is -2.20. The molecular weight excluding hydrogens is 438 g/mol. The Morgan fingerprint density at radius 2 is 2.10 bits per heavy atom. The fraction of sp³-hybridized carbons (Fsp3) is 0.294. The zero-order chi connectivity index (χ0) is 21.5. The third kappa shape index (κ3) is 3.82. The first-order chi connectivity index (χ1) is 14.3. The molecule has 0 spiro atoms. The van der Waals surface area contributed by atoms with Crippen molar-refractivity contribution in [3.05, 3.63) is 52.4 Å². The Labute approximate surface area is 174 Å². The number of carbonyl (C=O) groups excluding carboxylic acids is 1. The van der Waals surface area contributed by atoms with Crippen molar-refractivity contribution < 1.29 is 22.0 Å². The molecule has 3 aromatic rings. The third-order valence-corrected chi connectivity index (χ3v) is 7.37. The first-order valence-electron chi connectivity index (χ1n) is 8.85. The lowest BCUT2D eigenvalue weighted by Crippen LogP contribution is -2.31. The van der Waals surface area contributed by atoms with Gasteiger partial charge in [-0.25, -0.2) is 22.2 Å². The van der Waals surface area contributed by atoms with Crippen molar-refractivity contribution in [3.8, 4) is 0 Å². The Bertz CT molecular complexity index is 1210. The number of amides is 1. The van der Waals surface area contributed by atoms with E-state index in [1.54, 1.807) is 11.6 Å². The smallest absolute Gasteiger partial charge is 0.286 e. The van der Waals surface area contributed by atoms with Crippen LogP contribution in [0.1, 0.15) is 33.7 Å². The molecule has 0 radical (unpaired) electrons. The molecule has 4 rings (SSSR count). The van der Waals surface area contributed by atoms with Crippen molar-refractivity contribution in [3.63, 3.8) is 0 Å². The van der Waals surface area contributed by atoms with Gasteiger partial charge in [0, 0.05) is 25.9 Å². The maximum absolute atomic E-state index is 13.8. The number of nitrogens with zero attached hydrogens (tertiary/aromatic N) is 5. The molecule has 158 valence electrons. The fourth-order valence-electron chi connectivity index (χ4n) is 3.14. The number of hydrogen-bond donors (Lipinski definition) is 1. The maximum Gasteiger partial charge on any atom is 0.286 e. The van der Waals surface area contributed by atoms with Gasteiger partial charge in [0.2, 0.25) is 5.01 Å². The van der Waals surface area contributed by atoms with Gasteiger partial charge in [0.25, 0.3) is 15.9 Å². The highest BCUT2D eigenvalue weighted by Gasteiger charge is 2.39. The summed E-state index contributed by atoms with van der Waals surface area (Å²) in [6.45, 7) is 0.297. The average Bonchev–Trinajstić information content (AvgIpc) is 3.43.